The van der Waals surface area contributed by atoms with Crippen molar-refractivity contribution in [2.45, 2.75) is 83.1 Å². The van der Waals surface area contributed by atoms with Crippen molar-refractivity contribution < 1.29 is 13.2 Å². The summed E-state index contributed by atoms with van der Waals surface area (Å²) in [5, 5.41) is 1.35. The summed E-state index contributed by atoms with van der Waals surface area (Å²) in [6.45, 7) is 6.57. The van der Waals surface area contributed by atoms with Crippen LogP contribution >= 0.6 is 23.1 Å². The number of sulfone groups is 1. The minimum atomic E-state index is -3.08. The Balaban J connectivity index is 1.60. The van der Waals surface area contributed by atoms with Gasteiger partial charge in [0.15, 0.2) is 15.0 Å². The van der Waals surface area contributed by atoms with Crippen LogP contribution in [0.3, 0.4) is 0 Å². The van der Waals surface area contributed by atoms with Crippen LogP contribution in [0.15, 0.2) is 9.95 Å². The van der Waals surface area contributed by atoms with E-state index in [-0.39, 0.29) is 40.8 Å². The number of aryl methyl sites for hydroxylation is 2. The van der Waals surface area contributed by atoms with Crippen LogP contribution in [0.25, 0.3) is 10.2 Å². The van der Waals surface area contributed by atoms with Crippen molar-refractivity contribution in [2.24, 2.45) is 0 Å². The maximum Gasteiger partial charge on any atom is 0.263 e. The second kappa shape index (κ2) is 9.46. The lowest BCUT2D eigenvalue weighted by molar-refractivity contribution is -0.132. The van der Waals surface area contributed by atoms with Crippen LogP contribution in [0.2, 0.25) is 0 Å². The molecule has 32 heavy (non-hydrogen) atoms. The van der Waals surface area contributed by atoms with E-state index in [9.17, 15) is 18.0 Å². The molecule has 0 bridgehead atoms. The summed E-state index contributed by atoms with van der Waals surface area (Å²) < 4.78 is 25.7. The lowest BCUT2D eigenvalue weighted by atomic mass is 10.1. The van der Waals surface area contributed by atoms with Crippen LogP contribution in [0.4, 0.5) is 0 Å². The number of thioether (sulfide) groups is 1. The van der Waals surface area contributed by atoms with E-state index in [0.717, 1.165) is 42.3 Å². The van der Waals surface area contributed by atoms with Crippen molar-refractivity contribution >= 4 is 49.1 Å². The van der Waals surface area contributed by atoms with Crippen LogP contribution < -0.4 is 5.56 Å². The van der Waals surface area contributed by atoms with Gasteiger partial charge in [-0.15, -0.1) is 11.3 Å². The number of amides is 1. The highest BCUT2D eigenvalue weighted by Gasteiger charge is 2.36. The summed E-state index contributed by atoms with van der Waals surface area (Å²) in [5.41, 5.74) is 1.18. The highest BCUT2D eigenvalue weighted by Crippen LogP contribution is 2.35. The Hall–Kier alpha value is -1.39. The first-order chi connectivity index (χ1) is 15.3. The van der Waals surface area contributed by atoms with Crippen molar-refractivity contribution in [1.82, 2.24) is 14.5 Å². The minimum Gasteiger partial charge on any atom is -0.335 e. The number of rotatable bonds is 8. The Morgan fingerprint density at radius 3 is 2.78 bits per heavy atom. The minimum absolute atomic E-state index is 0.00636. The first kappa shape index (κ1) is 23.8. The molecule has 0 radical (unpaired) electrons. The molecule has 2 aromatic heterocycles. The van der Waals surface area contributed by atoms with E-state index in [2.05, 4.69) is 0 Å². The van der Waals surface area contributed by atoms with Gasteiger partial charge < -0.3 is 4.90 Å². The maximum atomic E-state index is 13.3. The fraction of sp³-hybridized carbons (Fsp3) is 0.682. The van der Waals surface area contributed by atoms with Gasteiger partial charge in [-0.25, -0.2) is 13.4 Å². The Bertz CT molecular complexity index is 1190. The predicted octanol–water partition coefficient (Wildman–Crippen LogP) is 3.26. The Labute approximate surface area is 197 Å². The lowest BCUT2D eigenvalue weighted by Gasteiger charge is -2.33. The molecule has 2 atom stereocenters. The summed E-state index contributed by atoms with van der Waals surface area (Å²) in [4.78, 5) is 35.2. The van der Waals surface area contributed by atoms with Crippen molar-refractivity contribution in [3.8, 4) is 0 Å². The zero-order valence-corrected chi connectivity index (χ0v) is 21.4. The highest BCUT2D eigenvalue weighted by atomic mass is 32.2. The molecule has 1 saturated heterocycles. The second-order valence-corrected chi connectivity index (χ2v) is 13.0. The molecule has 1 amide bonds. The molecule has 1 aliphatic heterocycles. The maximum absolute atomic E-state index is 13.3. The number of hydrogen-bond acceptors (Lipinski definition) is 7. The average molecular weight is 498 g/mol. The van der Waals surface area contributed by atoms with Gasteiger partial charge >= 0.3 is 0 Å². The molecule has 1 fully saturated rings. The van der Waals surface area contributed by atoms with Gasteiger partial charge in [0, 0.05) is 23.5 Å². The van der Waals surface area contributed by atoms with Crippen molar-refractivity contribution in [3.05, 3.63) is 20.8 Å². The Morgan fingerprint density at radius 1 is 1.34 bits per heavy atom. The topological polar surface area (TPSA) is 89.3 Å². The van der Waals surface area contributed by atoms with Gasteiger partial charge in [0.05, 0.1) is 22.6 Å². The summed E-state index contributed by atoms with van der Waals surface area (Å²) >= 11 is 2.91. The normalized spacial score (nSPS) is 20.5. The van der Waals surface area contributed by atoms with E-state index >= 15 is 0 Å². The molecule has 2 aliphatic rings. The summed E-state index contributed by atoms with van der Waals surface area (Å²) in [7, 11) is -3.08. The number of aromatic nitrogens is 2. The molecule has 1 aliphatic carbocycles. The largest absolute Gasteiger partial charge is 0.335 e. The number of thiophene rings is 1. The van der Waals surface area contributed by atoms with Gasteiger partial charge in [-0.2, -0.15) is 0 Å². The smallest absolute Gasteiger partial charge is 0.263 e. The van der Waals surface area contributed by atoms with E-state index in [4.69, 9.17) is 4.98 Å². The molecule has 0 spiro atoms. The van der Waals surface area contributed by atoms with Crippen LogP contribution in [0.1, 0.15) is 56.9 Å². The molecule has 7 nitrogen and oxygen atoms in total. The van der Waals surface area contributed by atoms with Gasteiger partial charge in [-0.3, -0.25) is 14.2 Å². The predicted molar refractivity (Wildman–Crippen MR) is 131 cm³/mol. The molecule has 176 valence electrons. The third kappa shape index (κ3) is 4.50. The fourth-order valence-electron chi connectivity index (χ4n) is 4.79. The van der Waals surface area contributed by atoms with Gasteiger partial charge in [-0.05, 0) is 51.0 Å². The number of hydrogen-bond donors (Lipinski definition) is 0. The molecule has 0 N–H and O–H groups in total. The molecule has 0 saturated carbocycles. The summed E-state index contributed by atoms with van der Waals surface area (Å²) in [6, 6.07) is -0.300. The second-order valence-electron chi connectivity index (χ2n) is 8.79. The van der Waals surface area contributed by atoms with E-state index in [1.807, 2.05) is 20.8 Å². The van der Waals surface area contributed by atoms with Gasteiger partial charge in [0.2, 0.25) is 5.91 Å². The summed E-state index contributed by atoms with van der Waals surface area (Å²) in [5.74, 6) is 0.243. The quantitative estimate of drug-likeness (QED) is 0.411. The number of fused-ring (bicyclic) bond motifs is 3. The molecule has 3 heterocycles. The summed E-state index contributed by atoms with van der Waals surface area (Å²) in [6.07, 6.45) is 5.11. The number of carbonyl (C=O) groups excluding carboxylic acids is 1. The number of carbonyl (C=O) groups is 1. The monoisotopic (exact) mass is 497 g/mol. The zero-order valence-electron chi connectivity index (χ0n) is 18.9. The van der Waals surface area contributed by atoms with Gasteiger partial charge in [0.1, 0.15) is 4.83 Å². The Morgan fingerprint density at radius 2 is 2.12 bits per heavy atom. The highest BCUT2D eigenvalue weighted by molar-refractivity contribution is 7.99. The van der Waals surface area contributed by atoms with E-state index in [0.29, 0.717) is 18.1 Å². The van der Waals surface area contributed by atoms with E-state index in [1.54, 1.807) is 20.8 Å². The molecule has 4 rings (SSSR count). The van der Waals surface area contributed by atoms with E-state index in [1.165, 1.54) is 22.2 Å². The van der Waals surface area contributed by atoms with Gasteiger partial charge in [0.25, 0.3) is 5.56 Å². The standard InChI is InChI=1S/C22H31N3O4S3/c1-4-10-24-21(27)19-16-7-6-8-17(16)31-20(19)23-22(24)30-12-18(26)25(14(3)5-2)15-9-11-32(28,29)13-15/h14-15H,4-13H2,1-3H3. The lowest BCUT2D eigenvalue weighted by Crippen LogP contribution is -2.47. The molecule has 2 unspecified atom stereocenters. The molecule has 0 aromatic carbocycles. The first-order valence-corrected chi connectivity index (χ1v) is 15.1. The fourth-order valence-corrected chi connectivity index (χ4v) is 8.70. The van der Waals surface area contributed by atoms with E-state index < -0.39 is 9.84 Å². The average Bonchev–Trinajstić information content (AvgIpc) is 3.43. The van der Waals surface area contributed by atoms with Crippen LogP contribution in [-0.2, 0) is 34.0 Å². The third-order valence-electron chi connectivity index (χ3n) is 6.52. The van der Waals surface area contributed by atoms with Gasteiger partial charge in [-0.1, -0.05) is 25.6 Å². The van der Waals surface area contributed by atoms with Crippen molar-refractivity contribution in [2.75, 3.05) is 17.3 Å². The first-order valence-electron chi connectivity index (χ1n) is 11.4. The third-order valence-corrected chi connectivity index (χ3v) is 10.4. The number of nitrogens with zero attached hydrogens (tertiary/aromatic N) is 3. The Kier molecular flexibility index (Phi) is 7.03. The zero-order chi connectivity index (χ0) is 23.0. The molecule has 10 heteroatoms. The van der Waals surface area contributed by atoms with Crippen LogP contribution in [0, 0.1) is 0 Å². The molecule has 2 aromatic rings. The van der Waals surface area contributed by atoms with Crippen LogP contribution in [-0.4, -0.2) is 58.1 Å². The van der Waals surface area contributed by atoms with Crippen LogP contribution in [0.5, 0.6) is 0 Å². The SMILES string of the molecule is CCCn1c(SCC(=O)N(C(C)CC)C2CCS(=O)(=O)C2)nc2sc3c(c2c1=O)CCC3. The van der Waals surface area contributed by atoms with Crippen molar-refractivity contribution in [1.29, 1.82) is 0 Å². The molecular weight excluding hydrogens is 466 g/mol. The van der Waals surface area contributed by atoms with Crippen molar-refractivity contribution in [3.63, 3.8) is 0 Å². The molecular formula is C22H31N3O4S3.